The van der Waals surface area contributed by atoms with Gasteiger partial charge < -0.3 is 9.55 Å². The first-order valence-electron chi connectivity index (χ1n) is 8.66. The Balaban J connectivity index is 1.70. The fourth-order valence-electron chi connectivity index (χ4n) is 3.29. The number of aryl methyl sites for hydroxylation is 1. The van der Waals surface area contributed by atoms with Crippen molar-refractivity contribution in [3.05, 3.63) is 66.6 Å². The number of H-pyrrole nitrogens is 1. The van der Waals surface area contributed by atoms with Crippen molar-refractivity contribution in [2.24, 2.45) is 7.05 Å². The summed E-state index contributed by atoms with van der Waals surface area (Å²) < 4.78 is 15.4. The third kappa shape index (κ3) is 2.73. The molecule has 5 rings (SSSR count). The van der Waals surface area contributed by atoms with Gasteiger partial charge in [0.15, 0.2) is 5.82 Å². The molecule has 0 amide bonds. The monoisotopic (exact) mass is 374 g/mol. The van der Waals surface area contributed by atoms with Crippen LogP contribution in [-0.4, -0.2) is 39.7 Å². The van der Waals surface area contributed by atoms with Gasteiger partial charge in [-0.2, -0.15) is 4.80 Å². The minimum Gasteiger partial charge on any atom is -0.346 e. The highest BCUT2D eigenvalue weighted by Crippen LogP contribution is 2.31. The molecule has 0 aliphatic heterocycles. The molecule has 0 aliphatic rings. The number of hydrogen-bond acceptors (Lipinski definition) is 5. The second-order valence-corrected chi connectivity index (χ2v) is 6.35. The van der Waals surface area contributed by atoms with Crippen molar-refractivity contribution in [1.82, 2.24) is 39.7 Å². The second-order valence-electron chi connectivity index (χ2n) is 6.35. The molecule has 28 heavy (non-hydrogen) atoms. The third-order valence-corrected chi connectivity index (χ3v) is 4.54. The largest absolute Gasteiger partial charge is 0.346 e. The molecule has 0 aliphatic carbocycles. The Bertz CT molecular complexity index is 1260. The zero-order chi connectivity index (χ0) is 19.1. The van der Waals surface area contributed by atoms with Gasteiger partial charge in [0.05, 0.1) is 25.5 Å². The Morgan fingerprint density at radius 1 is 1.07 bits per heavy atom. The fourth-order valence-corrected chi connectivity index (χ4v) is 3.29. The number of aromatic nitrogens is 8. The predicted octanol–water partition coefficient (Wildman–Crippen LogP) is 2.80. The summed E-state index contributed by atoms with van der Waals surface area (Å²) in [6, 6.07) is 10.2. The lowest BCUT2D eigenvalue weighted by atomic mass is 10.1. The first-order valence-corrected chi connectivity index (χ1v) is 8.66. The van der Waals surface area contributed by atoms with Crippen LogP contribution in [-0.2, 0) is 13.6 Å². The fraction of sp³-hybridized carbons (Fsp3) is 0.105. The molecule has 0 atom stereocenters. The van der Waals surface area contributed by atoms with Crippen LogP contribution in [0.4, 0.5) is 4.39 Å². The van der Waals surface area contributed by atoms with E-state index < -0.39 is 0 Å². The van der Waals surface area contributed by atoms with Gasteiger partial charge in [-0.25, -0.2) is 14.4 Å². The number of imidazole rings is 1. The molecule has 9 heteroatoms. The van der Waals surface area contributed by atoms with Crippen LogP contribution >= 0.6 is 0 Å². The third-order valence-electron chi connectivity index (χ3n) is 4.54. The van der Waals surface area contributed by atoms with E-state index in [0.29, 0.717) is 18.2 Å². The molecule has 5 aromatic rings. The molecule has 4 aromatic heterocycles. The van der Waals surface area contributed by atoms with Gasteiger partial charge >= 0.3 is 0 Å². The van der Waals surface area contributed by atoms with Crippen LogP contribution in [0.25, 0.3) is 33.7 Å². The maximum absolute atomic E-state index is 13.4. The van der Waals surface area contributed by atoms with Crippen molar-refractivity contribution in [1.29, 1.82) is 0 Å². The zero-order valence-electron chi connectivity index (χ0n) is 14.9. The van der Waals surface area contributed by atoms with Crippen molar-refractivity contribution < 1.29 is 4.39 Å². The Morgan fingerprint density at radius 3 is 2.71 bits per heavy atom. The number of benzene rings is 1. The molecule has 8 nitrogen and oxygen atoms in total. The molecular formula is C19H15FN8. The van der Waals surface area contributed by atoms with E-state index >= 15 is 0 Å². The van der Waals surface area contributed by atoms with Crippen LogP contribution in [0.3, 0.4) is 0 Å². The smallest absolute Gasteiger partial charge is 0.194 e. The van der Waals surface area contributed by atoms with Crippen molar-refractivity contribution >= 4 is 11.0 Å². The number of hydrogen-bond donors (Lipinski definition) is 1. The summed E-state index contributed by atoms with van der Waals surface area (Å²) in [6.07, 6.45) is 5.41. The van der Waals surface area contributed by atoms with Gasteiger partial charge in [0.1, 0.15) is 17.3 Å². The lowest BCUT2D eigenvalue weighted by Gasteiger charge is -2.11. The second kappa shape index (κ2) is 6.38. The Kier molecular flexibility index (Phi) is 3.71. The van der Waals surface area contributed by atoms with E-state index in [2.05, 4.69) is 30.4 Å². The summed E-state index contributed by atoms with van der Waals surface area (Å²) in [4.78, 5) is 13.5. The van der Waals surface area contributed by atoms with Gasteiger partial charge in [-0.15, -0.1) is 10.2 Å². The number of nitrogens with zero attached hydrogens (tertiary/aromatic N) is 7. The van der Waals surface area contributed by atoms with Crippen LogP contribution in [0.1, 0.15) is 5.82 Å². The highest BCUT2D eigenvalue weighted by Gasteiger charge is 2.18. The number of fused-ring (bicyclic) bond motifs is 1. The molecule has 1 aromatic carbocycles. The Labute approximate surface area is 158 Å². The summed E-state index contributed by atoms with van der Waals surface area (Å²) in [5.74, 6) is 0.966. The van der Waals surface area contributed by atoms with Gasteiger partial charge in [-0.05, 0) is 41.6 Å². The molecule has 138 valence electrons. The Hall–Kier alpha value is -3.88. The molecule has 0 saturated carbocycles. The van der Waals surface area contributed by atoms with Gasteiger partial charge in [0, 0.05) is 28.9 Å². The lowest BCUT2D eigenvalue weighted by molar-refractivity contribution is 0.625. The molecule has 0 unspecified atom stereocenters. The maximum Gasteiger partial charge on any atom is 0.194 e. The number of tetrazole rings is 1. The standard InChI is InChI=1S/C19H15FN8/c1-27-25-17(24-26-27)11-28-16(14-6-8-21-18-15(14)7-9-22-18)10-23-19(28)12-2-4-13(20)5-3-12/h2-10H,11H2,1H3,(H,21,22). The van der Waals surface area contributed by atoms with Gasteiger partial charge in [0.25, 0.3) is 0 Å². The molecule has 0 spiro atoms. The summed E-state index contributed by atoms with van der Waals surface area (Å²) in [5.41, 5.74) is 3.47. The number of nitrogens with one attached hydrogen (secondary N) is 1. The molecule has 0 bridgehead atoms. The highest BCUT2D eigenvalue weighted by molar-refractivity contribution is 5.92. The van der Waals surface area contributed by atoms with E-state index in [4.69, 9.17) is 0 Å². The highest BCUT2D eigenvalue weighted by atomic mass is 19.1. The van der Waals surface area contributed by atoms with Crippen LogP contribution in [0.5, 0.6) is 0 Å². The van der Waals surface area contributed by atoms with E-state index in [0.717, 1.165) is 27.9 Å². The van der Waals surface area contributed by atoms with E-state index in [-0.39, 0.29) is 5.82 Å². The Morgan fingerprint density at radius 2 is 1.93 bits per heavy atom. The SMILES string of the molecule is Cn1nnc(Cn2c(-c3ccnc4[nH]ccc34)cnc2-c2ccc(F)cc2)n1. The van der Waals surface area contributed by atoms with Gasteiger partial charge in [-0.3, -0.25) is 0 Å². The van der Waals surface area contributed by atoms with Crippen LogP contribution in [0.15, 0.2) is 55.0 Å². The van der Waals surface area contributed by atoms with E-state index in [1.165, 1.54) is 16.9 Å². The minimum atomic E-state index is -0.291. The first-order chi connectivity index (χ1) is 13.7. The minimum absolute atomic E-state index is 0.291. The number of aromatic amines is 1. The van der Waals surface area contributed by atoms with Crippen LogP contribution < -0.4 is 0 Å². The van der Waals surface area contributed by atoms with Crippen LogP contribution in [0.2, 0.25) is 0 Å². The first kappa shape index (κ1) is 16.3. The maximum atomic E-state index is 13.4. The molecule has 1 N–H and O–H groups in total. The van der Waals surface area contributed by atoms with E-state index in [1.54, 1.807) is 31.6 Å². The van der Waals surface area contributed by atoms with Crippen molar-refractivity contribution in [3.63, 3.8) is 0 Å². The van der Waals surface area contributed by atoms with Crippen molar-refractivity contribution in [2.45, 2.75) is 6.54 Å². The average Bonchev–Trinajstić information content (AvgIpc) is 3.42. The molecule has 0 saturated heterocycles. The summed E-state index contributed by atoms with van der Waals surface area (Å²) >= 11 is 0. The molecule has 0 fully saturated rings. The number of rotatable bonds is 4. The number of pyridine rings is 1. The average molecular weight is 374 g/mol. The molecule has 4 heterocycles. The van der Waals surface area contributed by atoms with E-state index in [1.807, 2.05) is 22.9 Å². The van der Waals surface area contributed by atoms with Gasteiger partial charge in [-0.1, -0.05) is 0 Å². The van der Waals surface area contributed by atoms with Crippen molar-refractivity contribution in [2.75, 3.05) is 0 Å². The van der Waals surface area contributed by atoms with Gasteiger partial charge in [0.2, 0.25) is 0 Å². The molecular weight excluding hydrogens is 359 g/mol. The topological polar surface area (TPSA) is 90.1 Å². The quantitative estimate of drug-likeness (QED) is 0.522. The number of halogens is 1. The predicted molar refractivity (Wildman–Crippen MR) is 101 cm³/mol. The summed E-state index contributed by atoms with van der Waals surface area (Å²) in [7, 11) is 1.72. The summed E-state index contributed by atoms with van der Waals surface area (Å²) in [6.45, 7) is 0.379. The summed E-state index contributed by atoms with van der Waals surface area (Å²) in [5, 5.41) is 13.3. The van der Waals surface area contributed by atoms with Crippen molar-refractivity contribution in [3.8, 4) is 22.6 Å². The van der Waals surface area contributed by atoms with E-state index in [9.17, 15) is 4.39 Å². The zero-order valence-corrected chi connectivity index (χ0v) is 14.9. The normalized spacial score (nSPS) is 11.4. The lowest BCUT2D eigenvalue weighted by Crippen LogP contribution is -2.06. The molecule has 0 radical (unpaired) electrons. The van der Waals surface area contributed by atoms with Crippen LogP contribution in [0, 0.1) is 5.82 Å².